The van der Waals surface area contributed by atoms with E-state index in [1.807, 2.05) is 90.0 Å². The maximum Gasteiger partial charge on any atom is 0.279 e. The second-order valence-electron chi connectivity index (χ2n) is 15.1. The number of ether oxygens (including phenoxy) is 3. The molecule has 4 heterocycles. The first-order chi connectivity index (χ1) is 26.6. The third kappa shape index (κ3) is 6.16. The highest BCUT2D eigenvalue weighted by atomic mass is 28.3. The molecule has 0 bridgehead atoms. The number of nitrogens with one attached hydrogen (secondary N) is 1. The number of fused-ring (bicyclic) bond motifs is 3. The maximum absolute atomic E-state index is 15.3. The van der Waals surface area contributed by atoms with Gasteiger partial charge in [-0.05, 0) is 72.1 Å². The number of rotatable bonds is 12. The SMILES string of the molecule is COc1ccc([Si](C)(C)[C@H]2[C@H](CCn3cc(CCO)nn3)O[C@@]3(C(=O)N(Cc4ccc(-n5[nH]c6ccccc6c5=O)cc4)c4ccc(OC)cc43)[C@@H]2C)cc1. The Labute approximate surface area is 320 Å². The number of anilines is 1. The average molecular weight is 759 g/mol. The van der Waals surface area contributed by atoms with Crippen LogP contribution < -0.4 is 25.1 Å². The van der Waals surface area contributed by atoms with Gasteiger partial charge in [-0.15, -0.1) is 5.10 Å². The van der Waals surface area contributed by atoms with Gasteiger partial charge in [0, 0.05) is 37.3 Å². The first-order valence-electron chi connectivity index (χ1n) is 18.7. The van der Waals surface area contributed by atoms with E-state index in [9.17, 15) is 9.90 Å². The first kappa shape index (κ1) is 36.5. The third-order valence-electron chi connectivity index (χ3n) is 11.8. The third-order valence-corrected chi connectivity index (χ3v) is 16.1. The largest absolute Gasteiger partial charge is 0.497 e. The minimum Gasteiger partial charge on any atom is -0.497 e. The molecule has 1 spiro atoms. The summed E-state index contributed by atoms with van der Waals surface area (Å²) in [5, 5.41) is 23.1. The van der Waals surface area contributed by atoms with Crippen molar-refractivity contribution in [2.24, 2.45) is 5.92 Å². The molecule has 0 unspecified atom stereocenters. The number of amides is 1. The minimum atomic E-state index is -2.36. The van der Waals surface area contributed by atoms with Crippen molar-refractivity contribution in [3.8, 4) is 17.2 Å². The summed E-state index contributed by atoms with van der Waals surface area (Å²) in [5.74, 6) is 1.16. The Hall–Kier alpha value is -5.50. The number of hydrogen-bond donors (Lipinski definition) is 2. The van der Waals surface area contributed by atoms with E-state index in [1.165, 1.54) is 5.19 Å². The molecule has 284 valence electrons. The van der Waals surface area contributed by atoms with Gasteiger partial charge in [0.2, 0.25) is 0 Å². The normalized spacial score (nSPS) is 20.8. The van der Waals surface area contributed by atoms with Crippen LogP contribution in [0.1, 0.15) is 30.2 Å². The topological polar surface area (TPSA) is 137 Å². The molecule has 12 nitrogen and oxygen atoms in total. The number of aliphatic hydroxyl groups excluding tert-OH is 1. The van der Waals surface area contributed by atoms with E-state index in [1.54, 1.807) is 23.6 Å². The van der Waals surface area contributed by atoms with Crippen molar-refractivity contribution >= 4 is 35.8 Å². The number of para-hydroxylation sites is 1. The van der Waals surface area contributed by atoms with Crippen molar-refractivity contribution in [1.82, 2.24) is 24.8 Å². The molecule has 2 aromatic heterocycles. The Morgan fingerprint density at radius 2 is 1.67 bits per heavy atom. The molecule has 8 rings (SSSR count). The number of methoxy groups -OCH3 is 2. The number of nitrogens with zero attached hydrogens (tertiary/aromatic N) is 5. The Morgan fingerprint density at radius 1 is 0.945 bits per heavy atom. The van der Waals surface area contributed by atoms with Crippen LogP contribution in [-0.4, -0.2) is 70.8 Å². The van der Waals surface area contributed by atoms with E-state index in [-0.39, 0.29) is 35.6 Å². The molecule has 0 saturated carbocycles. The number of aryl methyl sites for hydroxylation is 1. The predicted molar refractivity (Wildman–Crippen MR) is 213 cm³/mol. The molecule has 0 aliphatic carbocycles. The van der Waals surface area contributed by atoms with E-state index in [0.29, 0.717) is 42.8 Å². The zero-order chi connectivity index (χ0) is 38.5. The van der Waals surface area contributed by atoms with Crippen LogP contribution in [0.25, 0.3) is 16.6 Å². The van der Waals surface area contributed by atoms with E-state index in [0.717, 1.165) is 33.8 Å². The molecule has 2 aliphatic heterocycles. The molecule has 1 saturated heterocycles. The summed E-state index contributed by atoms with van der Waals surface area (Å²) in [4.78, 5) is 30.3. The Bertz CT molecular complexity index is 2400. The highest BCUT2D eigenvalue weighted by molar-refractivity contribution is 6.91. The van der Waals surface area contributed by atoms with E-state index < -0.39 is 13.7 Å². The van der Waals surface area contributed by atoms with Crippen LogP contribution in [-0.2, 0) is 34.6 Å². The molecule has 6 aromatic rings. The molecular weight excluding hydrogens is 713 g/mol. The Balaban J connectivity index is 1.16. The predicted octanol–water partition coefficient (Wildman–Crippen LogP) is 5.32. The van der Waals surface area contributed by atoms with Gasteiger partial charge >= 0.3 is 0 Å². The van der Waals surface area contributed by atoms with E-state index in [4.69, 9.17) is 14.2 Å². The monoisotopic (exact) mass is 758 g/mol. The summed E-state index contributed by atoms with van der Waals surface area (Å²) in [6.45, 7) is 7.77. The zero-order valence-electron chi connectivity index (χ0n) is 31.7. The van der Waals surface area contributed by atoms with Crippen LogP contribution in [0.3, 0.4) is 0 Å². The molecule has 4 aromatic carbocycles. The lowest BCUT2D eigenvalue weighted by Crippen LogP contribution is -2.51. The molecule has 2 aliphatic rings. The summed E-state index contributed by atoms with van der Waals surface area (Å²) in [6, 6.07) is 29.3. The van der Waals surface area contributed by atoms with Crippen molar-refractivity contribution in [3.05, 3.63) is 124 Å². The van der Waals surface area contributed by atoms with Crippen LogP contribution in [0.4, 0.5) is 5.69 Å². The van der Waals surface area contributed by atoms with Crippen LogP contribution >= 0.6 is 0 Å². The number of benzene rings is 4. The quantitative estimate of drug-likeness (QED) is 0.160. The number of aromatic amines is 1. The number of carbonyl (C=O) groups is 1. The Kier molecular flexibility index (Phi) is 9.48. The van der Waals surface area contributed by atoms with Gasteiger partial charge in [-0.25, -0.2) is 4.68 Å². The van der Waals surface area contributed by atoms with Crippen molar-refractivity contribution < 1.29 is 24.1 Å². The fourth-order valence-corrected chi connectivity index (χ4v) is 13.0. The molecule has 13 heteroatoms. The smallest absolute Gasteiger partial charge is 0.279 e. The standard InChI is InChI=1S/C42H46N6O6Si/c1-27-39(55(4,5)33-17-14-31(52-2)15-18-33)38(20-22-46-26-29(21-23-49)43-45-46)54-42(27)35-24-32(53-3)16-19-37(35)47(41(42)51)25-28-10-12-30(13-11-28)48-40(50)34-8-6-7-9-36(34)44-48/h6-19,24,26-27,38-39,44,49H,20-23,25H2,1-5H3/t27-,38+,39-,42+/m1/s1. The van der Waals surface area contributed by atoms with Gasteiger partial charge < -0.3 is 24.2 Å². The van der Waals surface area contributed by atoms with Crippen LogP contribution in [0.2, 0.25) is 18.6 Å². The average Bonchev–Trinajstić information content (AvgIpc) is 3.94. The lowest BCUT2D eigenvalue weighted by atomic mass is 9.82. The van der Waals surface area contributed by atoms with Crippen molar-refractivity contribution in [1.29, 1.82) is 0 Å². The van der Waals surface area contributed by atoms with Gasteiger partial charge in [0.15, 0.2) is 5.60 Å². The van der Waals surface area contributed by atoms with Gasteiger partial charge in [0.25, 0.3) is 11.5 Å². The second kappa shape index (κ2) is 14.3. The second-order valence-corrected chi connectivity index (χ2v) is 19.8. The lowest BCUT2D eigenvalue weighted by molar-refractivity contribution is -0.146. The molecule has 55 heavy (non-hydrogen) atoms. The number of hydrogen-bond acceptors (Lipinski definition) is 8. The number of carbonyl (C=O) groups excluding carboxylic acids is 1. The molecule has 2 N–H and O–H groups in total. The number of aromatic nitrogens is 5. The Morgan fingerprint density at radius 3 is 2.38 bits per heavy atom. The summed E-state index contributed by atoms with van der Waals surface area (Å²) >= 11 is 0. The summed E-state index contributed by atoms with van der Waals surface area (Å²) in [7, 11) is 0.941. The van der Waals surface area contributed by atoms with Crippen LogP contribution in [0, 0.1) is 5.92 Å². The minimum absolute atomic E-state index is 0.00390. The van der Waals surface area contributed by atoms with Gasteiger partial charge in [0.1, 0.15) is 11.5 Å². The van der Waals surface area contributed by atoms with Gasteiger partial charge in [-0.2, -0.15) is 0 Å². The van der Waals surface area contributed by atoms with Gasteiger partial charge in [0.05, 0.1) is 62.9 Å². The fraction of sp³-hybridized carbons (Fsp3) is 0.333. The van der Waals surface area contributed by atoms with Gasteiger partial charge in [-0.1, -0.05) is 66.8 Å². The van der Waals surface area contributed by atoms with Crippen LogP contribution in [0.5, 0.6) is 11.5 Å². The molecule has 4 atom stereocenters. The number of aliphatic hydroxyl groups is 1. The van der Waals surface area contributed by atoms with E-state index in [2.05, 4.69) is 47.6 Å². The van der Waals surface area contributed by atoms with Crippen molar-refractivity contribution in [2.75, 3.05) is 25.7 Å². The first-order valence-corrected chi connectivity index (χ1v) is 21.8. The maximum atomic E-state index is 15.3. The molecular formula is C42H46N6O6Si. The van der Waals surface area contributed by atoms with Gasteiger partial charge in [-0.3, -0.25) is 19.4 Å². The lowest BCUT2D eigenvalue weighted by Gasteiger charge is -2.37. The summed E-state index contributed by atoms with van der Waals surface area (Å²) in [5.41, 5.74) is 3.39. The fourth-order valence-electron chi connectivity index (χ4n) is 8.96. The van der Waals surface area contributed by atoms with Crippen LogP contribution in [0.15, 0.2) is 102 Å². The molecule has 0 radical (unpaired) electrons. The van der Waals surface area contributed by atoms with E-state index >= 15 is 4.79 Å². The summed E-state index contributed by atoms with van der Waals surface area (Å²) < 4.78 is 21.9. The highest BCUT2D eigenvalue weighted by Gasteiger charge is 2.66. The summed E-state index contributed by atoms with van der Waals surface area (Å²) in [6.07, 6.45) is 2.65. The molecule has 1 fully saturated rings. The van der Waals surface area contributed by atoms with Crippen molar-refractivity contribution in [3.63, 3.8) is 0 Å². The van der Waals surface area contributed by atoms with Crippen molar-refractivity contribution in [2.45, 2.75) is 63.2 Å². The highest BCUT2D eigenvalue weighted by Crippen LogP contribution is 2.60. The molecule has 1 amide bonds. The number of H-pyrrole nitrogens is 1. The zero-order valence-corrected chi connectivity index (χ0v) is 32.7.